The summed E-state index contributed by atoms with van der Waals surface area (Å²) in [6.45, 7) is 6.51. The monoisotopic (exact) mass is 289 g/mol. The van der Waals surface area contributed by atoms with Crippen LogP contribution in [0.25, 0.3) is 11.0 Å². The molecule has 0 amide bonds. The number of fused-ring (bicyclic) bond motifs is 1. The number of hydrogen-bond donors (Lipinski definition) is 1. The quantitative estimate of drug-likeness (QED) is 0.884. The molecular formula is C16H23N3O2. The number of rotatable bonds is 6. The first-order chi connectivity index (χ1) is 10.3. The van der Waals surface area contributed by atoms with Crippen LogP contribution in [-0.2, 0) is 13.1 Å². The van der Waals surface area contributed by atoms with Crippen LogP contribution in [0.3, 0.4) is 0 Å². The van der Waals surface area contributed by atoms with Crippen LogP contribution in [0.2, 0.25) is 0 Å². The molecule has 5 nitrogen and oxygen atoms in total. The third-order valence-electron chi connectivity index (χ3n) is 4.00. The predicted molar refractivity (Wildman–Crippen MR) is 82.5 cm³/mol. The van der Waals surface area contributed by atoms with E-state index >= 15 is 0 Å². The zero-order chi connectivity index (χ0) is 14.7. The second kappa shape index (κ2) is 6.45. The van der Waals surface area contributed by atoms with E-state index in [-0.39, 0.29) is 6.61 Å². The Morgan fingerprint density at radius 3 is 2.81 bits per heavy atom. The van der Waals surface area contributed by atoms with Crippen LogP contribution in [0, 0.1) is 0 Å². The van der Waals surface area contributed by atoms with Crippen molar-refractivity contribution in [2.45, 2.75) is 32.9 Å². The molecule has 1 aromatic heterocycles. The maximum atomic E-state index is 9.33. The molecule has 2 heterocycles. The van der Waals surface area contributed by atoms with Gasteiger partial charge in [-0.05, 0) is 45.0 Å². The summed E-state index contributed by atoms with van der Waals surface area (Å²) in [5, 5.41) is 9.33. The molecule has 0 aliphatic carbocycles. The summed E-state index contributed by atoms with van der Waals surface area (Å²) in [4.78, 5) is 7.20. The van der Waals surface area contributed by atoms with Gasteiger partial charge < -0.3 is 14.4 Å². The Balaban J connectivity index is 1.94. The first kappa shape index (κ1) is 14.4. The number of ether oxygens (including phenoxy) is 1. The lowest BCUT2D eigenvalue weighted by atomic mass is 10.3. The molecule has 0 bridgehead atoms. The van der Waals surface area contributed by atoms with Crippen molar-refractivity contribution in [3.63, 3.8) is 0 Å². The van der Waals surface area contributed by atoms with E-state index in [1.165, 1.54) is 12.8 Å². The average molecular weight is 289 g/mol. The lowest BCUT2D eigenvalue weighted by Gasteiger charge is -2.15. The molecule has 0 atom stereocenters. The van der Waals surface area contributed by atoms with Gasteiger partial charge in [-0.1, -0.05) is 0 Å². The number of aliphatic hydroxyl groups excluding tert-OH is 1. The van der Waals surface area contributed by atoms with E-state index in [1.807, 2.05) is 25.1 Å². The van der Waals surface area contributed by atoms with Gasteiger partial charge in [0.2, 0.25) is 0 Å². The summed E-state index contributed by atoms with van der Waals surface area (Å²) in [5.74, 6) is 1.89. The van der Waals surface area contributed by atoms with Crippen LogP contribution >= 0.6 is 0 Å². The highest BCUT2D eigenvalue weighted by Crippen LogP contribution is 2.23. The molecule has 5 heteroatoms. The molecule has 21 heavy (non-hydrogen) atoms. The Kier molecular flexibility index (Phi) is 4.41. The number of imidazole rings is 1. The van der Waals surface area contributed by atoms with Gasteiger partial charge in [0.15, 0.2) is 0 Å². The van der Waals surface area contributed by atoms with E-state index < -0.39 is 0 Å². The summed E-state index contributed by atoms with van der Waals surface area (Å²) in [7, 11) is 0. The number of hydrogen-bond acceptors (Lipinski definition) is 4. The third kappa shape index (κ3) is 3.04. The number of aromatic nitrogens is 2. The van der Waals surface area contributed by atoms with Crippen molar-refractivity contribution in [1.82, 2.24) is 14.5 Å². The average Bonchev–Trinajstić information content (AvgIpc) is 3.09. The molecule has 1 aliphatic rings. The maximum absolute atomic E-state index is 9.33. The maximum Gasteiger partial charge on any atom is 0.124 e. The van der Waals surface area contributed by atoms with Crippen LogP contribution < -0.4 is 4.74 Å². The van der Waals surface area contributed by atoms with Gasteiger partial charge >= 0.3 is 0 Å². The fourth-order valence-electron chi connectivity index (χ4n) is 3.03. The third-order valence-corrected chi connectivity index (χ3v) is 4.00. The largest absolute Gasteiger partial charge is 0.494 e. The van der Waals surface area contributed by atoms with Crippen molar-refractivity contribution in [3.05, 3.63) is 24.0 Å². The number of nitrogens with zero attached hydrogens (tertiary/aromatic N) is 3. The Morgan fingerprint density at radius 2 is 2.10 bits per heavy atom. The lowest BCUT2D eigenvalue weighted by Crippen LogP contribution is -2.21. The Bertz CT molecular complexity index is 603. The van der Waals surface area contributed by atoms with Crippen LogP contribution in [0.4, 0.5) is 0 Å². The molecule has 2 aromatic rings. The minimum Gasteiger partial charge on any atom is -0.494 e. The normalized spacial score (nSPS) is 15.9. The first-order valence-electron chi connectivity index (χ1n) is 7.77. The van der Waals surface area contributed by atoms with Crippen LogP contribution in [0.5, 0.6) is 5.75 Å². The van der Waals surface area contributed by atoms with Crippen LogP contribution in [-0.4, -0.2) is 45.9 Å². The van der Waals surface area contributed by atoms with Gasteiger partial charge in [-0.25, -0.2) is 4.98 Å². The highest BCUT2D eigenvalue weighted by atomic mass is 16.5. The highest BCUT2D eigenvalue weighted by Gasteiger charge is 2.17. The summed E-state index contributed by atoms with van der Waals surface area (Å²) < 4.78 is 7.68. The Hall–Kier alpha value is -1.59. The lowest BCUT2D eigenvalue weighted by molar-refractivity contribution is 0.268. The SMILES string of the molecule is CCOc1ccc2c(c1)nc(CN1CCCC1)n2CCO. The topological polar surface area (TPSA) is 50.5 Å². The van der Waals surface area contributed by atoms with Gasteiger partial charge in [-0.2, -0.15) is 0 Å². The zero-order valence-corrected chi connectivity index (χ0v) is 12.6. The molecule has 0 radical (unpaired) electrons. The van der Waals surface area contributed by atoms with Gasteiger partial charge in [0.05, 0.1) is 30.8 Å². The van der Waals surface area contributed by atoms with Crippen molar-refractivity contribution in [2.75, 3.05) is 26.3 Å². The van der Waals surface area contributed by atoms with Gasteiger partial charge in [0.1, 0.15) is 11.6 Å². The summed E-state index contributed by atoms with van der Waals surface area (Å²) >= 11 is 0. The fraction of sp³-hybridized carbons (Fsp3) is 0.562. The molecule has 1 N–H and O–H groups in total. The van der Waals surface area contributed by atoms with Crippen molar-refractivity contribution in [2.24, 2.45) is 0 Å². The fourth-order valence-corrected chi connectivity index (χ4v) is 3.03. The van der Waals surface area contributed by atoms with Crippen molar-refractivity contribution in [1.29, 1.82) is 0 Å². The zero-order valence-electron chi connectivity index (χ0n) is 12.6. The van der Waals surface area contributed by atoms with E-state index in [4.69, 9.17) is 9.72 Å². The first-order valence-corrected chi connectivity index (χ1v) is 7.77. The van der Waals surface area contributed by atoms with Gasteiger partial charge in [0, 0.05) is 12.6 Å². The predicted octanol–water partition coefficient (Wildman–Crippen LogP) is 2.02. The molecule has 3 rings (SSSR count). The van der Waals surface area contributed by atoms with E-state index in [2.05, 4.69) is 9.47 Å². The summed E-state index contributed by atoms with van der Waals surface area (Å²) in [6, 6.07) is 6.00. The van der Waals surface area contributed by atoms with Crippen molar-refractivity contribution < 1.29 is 9.84 Å². The van der Waals surface area contributed by atoms with Crippen molar-refractivity contribution in [3.8, 4) is 5.75 Å². The molecular weight excluding hydrogens is 266 g/mol. The van der Waals surface area contributed by atoms with Crippen molar-refractivity contribution >= 4 is 11.0 Å². The Labute approximate surface area is 125 Å². The van der Waals surface area contributed by atoms with E-state index in [0.717, 1.165) is 42.2 Å². The molecule has 0 unspecified atom stereocenters. The van der Waals surface area contributed by atoms with E-state index in [0.29, 0.717) is 13.2 Å². The van der Waals surface area contributed by atoms with Gasteiger partial charge in [0.25, 0.3) is 0 Å². The van der Waals surface area contributed by atoms with Gasteiger partial charge in [-0.3, -0.25) is 4.90 Å². The highest BCUT2D eigenvalue weighted by molar-refractivity contribution is 5.77. The molecule has 1 aliphatic heterocycles. The molecule has 1 fully saturated rings. The minimum atomic E-state index is 0.131. The minimum absolute atomic E-state index is 0.131. The smallest absolute Gasteiger partial charge is 0.124 e. The van der Waals surface area contributed by atoms with E-state index in [9.17, 15) is 5.11 Å². The molecule has 1 saturated heterocycles. The van der Waals surface area contributed by atoms with E-state index in [1.54, 1.807) is 0 Å². The molecule has 0 saturated carbocycles. The standard InChI is InChI=1S/C16H23N3O2/c1-2-21-13-5-6-15-14(11-13)17-16(19(15)9-10-20)12-18-7-3-4-8-18/h5-6,11,20H,2-4,7-10,12H2,1H3. The molecule has 114 valence electrons. The number of likely N-dealkylation sites (tertiary alicyclic amines) is 1. The Morgan fingerprint density at radius 1 is 1.29 bits per heavy atom. The van der Waals surface area contributed by atoms with Gasteiger partial charge in [-0.15, -0.1) is 0 Å². The molecule has 0 spiro atoms. The second-order valence-electron chi connectivity index (χ2n) is 5.47. The summed E-state index contributed by atoms with van der Waals surface area (Å²) in [6.07, 6.45) is 2.55. The summed E-state index contributed by atoms with van der Waals surface area (Å²) in [5.41, 5.74) is 2.02. The number of benzene rings is 1. The van der Waals surface area contributed by atoms with Crippen LogP contribution in [0.1, 0.15) is 25.6 Å². The molecule has 1 aromatic carbocycles. The van der Waals surface area contributed by atoms with Crippen LogP contribution in [0.15, 0.2) is 18.2 Å². The number of aliphatic hydroxyl groups is 1. The second-order valence-corrected chi connectivity index (χ2v) is 5.47.